The Kier molecular flexibility index (Phi) is 4.19. The summed E-state index contributed by atoms with van der Waals surface area (Å²) >= 11 is -1.04. The van der Waals surface area contributed by atoms with E-state index < -0.39 is 23.7 Å². The van der Waals surface area contributed by atoms with E-state index in [-0.39, 0.29) is 0 Å². The topological polar surface area (TPSA) is 37.3 Å². The molecular formula is C2H4O2SSn. The molecule has 0 heterocycles. The van der Waals surface area contributed by atoms with Gasteiger partial charge in [0.05, 0.1) is 0 Å². The predicted molar refractivity (Wildman–Crippen MR) is 27.3 cm³/mol. The maximum absolute atomic E-state index is 9.65. The molecule has 0 aromatic carbocycles. The molecule has 0 bridgehead atoms. The fourth-order valence-corrected chi connectivity index (χ4v) is 1.76. The van der Waals surface area contributed by atoms with Crippen molar-refractivity contribution in [3.05, 3.63) is 0 Å². The van der Waals surface area contributed by atoms with Gasteiger partial charge in [0.15, 0.2) is 0 Å². The minimum absolute atomic E-state index is 0.578. The first-order valence-corrected chi connectivity index (χ1v) is 7.44. The SMILES string of the molecule is C[S][Sn][C](=O)O. The fraction of sp³-hybridized carbons (Fsp3) is 0.500. The van der Waals surface area contributed by atoms with Crippen molar-refractivity contribution in [2.24, 2.45) is 0 Å². The molecule has 0 saturated carbocycles. The molecular weight excluding hydrogens is 207 g/mol. The molecule has 2 radical (unpaired) electrons. The Balaban J connectivity index is 2.83. The van der Waals surface area contributed by atoms with Crippen LogP contribution in [0.3, 0.4) is 0 Å². The van der Waals surface area contributed by atoms with Crippen molar-refractivity contribution >= 4 is 32.7 Å². The zero-order valence-electron chi connectivity index (χ0n) is 3.26. The zero-order valence-corrected chi connectivity index (χ0v) is 6.93. The van der Waals surface area contributed by atoms with Crippen LogP contribution in [-0.2, 0) is 0 Å². The first kappa shape index (κ1) is 6.62. The average molecular weight is 211 g/mol. The first-order chi connectivity index (χ1) is 2.77. The average Bonchev–Trinajstić information content (AvgIpc) is 1.35. The molecule has 0 unspecified atom stereocenters. The van der Waals surface area contributed by atoms with E-state index in [0.29, 0.717) is 0 Å². The van der Waals surface area contributed by atoms with Gasteiger partial charge in [0.25, 0.3) is 0 Å². The van der Waals surface area contributed by atoms with E-state index in [1.54, 1.807) is 0 Å². The molecule has 34 valence electrons. The van der Waals surface area contributed by atoms with Crippen LogP contribution in [0, 0.1) is 0 Å². The van der Waals surface area contributed by atoms with Crippen LogP contribution in [0.5, 0.6) is 0 Å². The van der Waals surface area contributed by atoms with Crippen molar-refractivity contribution in [2.75, 3.05) is 6.26 Å². The van der Waals surface area contributed by atoms with Gasteiger partial charge in [-0.05, 0) is 0 Å². The van der Waals surface area contributed by atoms with Crippen molar-refractivity contribution in [1.82, 2.24) is 0 Å². The van der Waals surface area contributed by atoms with Crippen LogP contribution in [0.15, 0.2) is 0 Å². The van der Waals surface area contributed by atoms with Crippen LogP contribution in [0.4, 0.5) is 4.79 Å². The fourth-order valence-electron chi connectivity index (χ4n) is 0.0873. The van der Waals surface area contributed by atoms with E-state index in [2.05, 4.69) is 0 Å². The molecule has 0 fully saturated rings. The summed E-state index contributed by atoms with van der Waals surface area (Å²) in [7, 11) is 1.48. The molecule has 0 aliphatic carbocycles. The van der Waals surface area contributed by atoms with Crippen LogP contribution in [0.1, 0.15) is 0 Å². The van der Waals surface area contributed by atoms with Crippen LogP contribution < -0.4 is 0 Å². The third-order valence-corrected chi connectivity index (χ3v) is 3.81. The summed E-state index contributed by atoms with van der Waals surface area (Å²) < 4.78 is -0.578. The van der Waals surface area contributed by atoms with Gasteiger partial charge in [-0.15, -0.1) is 0 Å². The van der Waals surface area contributed by atoms with E-state index in [1.165, 1.54) is 8.95 Å². The maximum atomic E-state index is 9.65. The van der Waals surface area contributed by atoms with Crippen LogP contribution in [0.2, 0.25) is 0 Å². The predicted octanol–water partition coefficient (Wildman–Crippen LogP) is 0.647. The molecule has 0 amide bonds. The number of hydrogen-bond acceptors (Lipinski definition) is 2. The van der Waals surface area contributed by atoms with Gasteiger partial charge < -0.3 is 0 Å². The molecule has 0 rings (SSSR count). The second kappa shape index (κ2) is 3.80. The van der Waals surface area contributed by atoms with Gasteiger partial charge in [-0.2, -0.15) is 0 Å². The molecule has 1 N–H and O–H groups in total. The second-order valence-electron chi connectivity index (χ2n) is 0.611. The summed E-state index contributed by atoms with van der Waals surface area (Å²) in [5, 5.41) is 7.97. The van der Waals surface area contributed by atoms with Gasteiger partial charge >= 0.3 is 48.8 Å². The Hall–Kier alpha value is 0.619. The number of hydrogen-bond donors (Lipinski definition) is 1. The zero-order chi connectivity index (χ0) is 4.99. The number of carbonyl (C=O) groups is 1. The van der Waals surface area contributed by atoms with E-state index in [1.807, 2.05) is 6.26 Å². The third kappa shape index (κ3) is 4.62. The Morgan fingerprint density at radius 1 is 2.00 bits per heavy atom. The van der Waals surface area contributed by atoms with E-state index in [9.17, 15) is 4.79 Å². The molecule has 0 atom stereocenters. The molecule has 0 aliphatic heterocycles. The van der Waals surface area contributed by atoms with Crippen LogP contribution in [-0.4, -0.2) is 35.1 Å². The van der Waals surface area contributed by atoms with E-state index in [4.69, 9.17) is 5.11 Å². The van der Waals surface area contributed by atoms with Crippen molar-refractivity contribution in [3.63, 3.8) is 0 Å². The normalized spacial score (nSPS) is 8.17. The molecule has 6 heavy (non-hydrogen) atoms. The standard InChI is InChI=1S/CHO2.CH4S.Sn/c2-1-3;1-2;/h(H,2,3);2H,1H3;/q;;+1/p-1. The van der Waals surface area contributed by atoms with Gasteiger partial charge in [0, 0.05) is 0 Å². The molecule has 0 spiro atoms. The van der Waals surface area contributed by atoms with Crippen molar-refractivity contribution < 1.29 is 9.90 Å². The van der Waals surface area contributed by atoms with Crippen LogP contribution in [0.25, 0.3) is 0 Å². The number of rotatable bonds is 2. The molecule has 0 aliphatic rings. The summed E-state index contributed by atoms with van der Waals surface area (Å²) in [6, 6.07) is 0. The first-order valence-electron chi connectivity index (χ1n) is 1.29. The van der Waals surface area contributed by atoms with Crippen LogP contribution >= 0.6 is 8.95 Å². The summed E-state index contributed by atoms with van der Waals surface area (Å²) in [5.41, 5.74) is 0. The molecule has 2 nitrogen and oxygen atoms in total. The van der Waals surface area contributed by atoms with Crippen molar-refractivity contribution in [3.8, 4) is 0 Å². The Bertz CT molecular complexity index is 55.5. The monoisotopic (exact) mass is 212 g/mol. The summed E-state index contributed by atoms with van der Waals surface area (Å²) in [5.74, 6) is 0. The van der Waals surface area contributed by atoms with Gasteiger partial charge in [-0.3, -0.25) is 0 Å². The minimum atomic E-state index is -1.04. The van der Waals surface area contributed by atoms with E-state index >= 15 is 0 Å². The van der Waals surface area contributed by atoms with E-state index in [0.717, 1.165) is 0 Å². The van der Waals surface area contributed by atoms with Crippen molar-refractivity contribution in [2.45, 2.75) is 0 Å². The van der Waals surface area contributed by atoms with Crippen molar-refractivity contribution in [1.29, 1.82) is 0 Å². The molecule has 4 heteroatoms. The van der Waals surface area contributed by atoms with Gasteiger partial charge in [0.1, 0.15) is 0 Å². The van der Waals surface area contributed by atoms with Gasteiger partial charge in [0.2, 0.25) is 0 Å². The molecule has 0 saturated heterocycles. The second-order valence-corrected chi connectivity index (χ2v) is 7.69. The summed E-state index contributed by atoms with van der Waals surface area (Å²) in [4.78, 5) is 9.65. The Morgan fingerprint density at radius 2 is 2.50 bits per heavy atom. The number of carboxylic acid groups (broad SMARTS) is 1. The van der Waals surface area contributed by atoms with Gasteiger partial charge in [-0.1, -0.05) is 0 Å². The van der Waals surface area contributed by atoms with Gasteiger partial charge in [-0.25, -0.2) is 0 Å². The summed E-state index contributed by atoms with van der Waals surface area (Å²) in [6.07, 6.45) is 1.83. The Morgan fingerprint density at radius 3 is 2.50 bits per heavy atom. The quantitative estimate of drug-likeness (QED) is 0.681. The Labute approximate surface area is 49.0 Å². The third-order valence-electron chi connectivity index (χ3n) is 0.189. The molecule has 0 aromatic rings. The summed E-state index contributed by atoms with van der Waals surface area (Å²) in [6.45, 7) is 0. The molecule has 0 aromatic heterocycles.